The molecule has 0 bridgehead atoms. The van der Waals surface area contributed by atoms with Crippen LogP contribution >= 0.6 is 23.1 Å². The number of methoxy groups -OCH3 is 2. The molecular weight excluding hydrogens is 723 g/mol. The first kappa shape index (κ1) is 40.1. The first-order chi connectivity index (χ1) is 25.8. The molecule has 10 nitrogen and oxygen atoms in total. The minimum Gasteiger partial charge on any atom is -0.497 e. The van der Waals surface area contributed by atoms with E-state index in [0.717, 1.165) is 34.6 Å². The molecule has 12 heteroatoms. The number of carbonyl (C=O) groups excluding carboxylic acids is 4. The average Bonchev–Trinajstić information content (AvgIpc) is 3.51. The van der Waals surface area contributed by atoms with Gasteiger partial charge in [0.2, 0.25) is 5.91 Å². The van der Waals surface area contributed by atoms with Gasteiger partial charge in [-0.15, -0.1) is 23.1 Å². The van der Waals surface area contributed by atoms with Crippen molar-refractivity contribution in [2.24, 2.45) is 11.3 Å². The number of hydrogen-bond donors (Lipinski definition) is 3. The number of thioether (sulfide) groups is 1. The van der Waals surface area contributed by atoms with E-state index in [4.69, 9.17) is 14.2 Å². The van der Waals surface area contributed by atoms with Crippen molar-refractivity contribution in [1.82, 2.24) is 5.32 Å². The van der Waals surface area contributed by atoms with Gasteiger partial charge in [0.25, 0.3) is 11.8 Å². The van der Waals surface area contributed by atoms with Crippen molar-refractivity contribution in [3.63, 3.8) is 0 Å². The van der Waals surface area contributed by atoms with Crippen LogP contribution in [0.15, 0.2) is 83.4 Å². The van der Waals surface area contributed by atoms with Crippen molar-refractivity contribution in [1.29, 1.82) is 0 Å². The number of rotatable bonds is 13. The third kappa shape index (κ3) is 9.91. The highest BCUT2D eigenvalue weighted by Crippen LogP contribution is 2.45. The zero-order valence-electron chi connectivity index (χ0n) is 31.7. The maximum Gasteiger partial charge on any atom is 0.341 e. The van der Waals surface area contributed by atoms with E-state index < -0.39 is 23.0 Å². The van der Waals surface area contributed by atoms with Crippen molar-refractivity contribution >= 4 is 63.6 Å². The summed E-state index contributed by atoms with van der Waals surface area (Å²) in [5.74, 6) is -0.209. The molecule has 0 aliphatic heterocycles. The fraction of sp³-hybridized carbons (Fsp3) is 0.333. The van der Waals surface area contributed by atoms with Crippen molar-refractivity contribution in [3.05, 3.63) is 106 Å². The lowest BCUT2D eigenvalue weighted by atomic mass is 9.72. The largest absolute Gasteiger partial charge is 0.497 e. The van der Waals surface area contributed by atoms with Gasteiger partial charge < -0.3 is 30.2 Å². The molecule has 2 unspecified atom stereocenters. The van der Waals surface area contributed by atoms with Crippen molar-refractivity contribution in [3.8, 4) is 11.5 Å². The molecule has 3 aromatic carbocycles. The van der Waals surface area contributed by atoms with E-state index >= 15 is 0 Å². The van der Waals surface area contributed by atoms with Gasteiger partial charge in [0, 0.05) is 26.6 Å². The molecule has 5 rings (SSSR count). The van der Waals surface area contributed by atoms with E-state index in [9.17, 15) is 19.2 Å². The smallest absolute Gasteiger partial charge is 0.341 e. The third-order valence-electron chi connectivity index (χ3n) is 9.25. The quantitative estimate of drug-likeness (QED) is 0.0700. The van der Waals surface area contributed by atoms with Crippen LogP contribution in [0.25, 0.3) is 6.08 Å². The first-order valence-electron chi connectivity index (χ1n) is 17.8. The van der Waals surface area contributed by atoms with E-state index in [2.05, 4.69) is 36.7 Å². The van der Waals surface area contributed by atoms with Crippen LogP contribution in [-0.2, 0) is 27.2 Å². The fourth-order valence-electron chi connectivity index (χ4n) is 6.20. The van der Waals surface area contributed by atoms with Crippen LogP contribution in [0.1, 0.15) is 77.8 Å². The van der Waals surface area contributed by atoms with E-state index in [1.807, 2.05) is 6.07 Å². The molecule has 0 saturated heterocycles. The van der Waals surface area contributed by atoms with Crippen LogP contribution in [-0.4, -0.2) is 49.8 Å². The van der Waals surface area contributed by atoms with Gasteiger partial charge in [-0.3, -0.25) is 14.4 Å². The maximum absolute atomic E-state index is 13.8. The molecule has 4 aromatic rings. The first-order valence-corrected chi connectivity index (χ1v) is 19.5. The Morgan fingerprint density at radius 3 is 2.41 bits per heavy atom. The van der Waals surface area contributed by atoms with Crippen LogP contribution in [0, 0.1) is 11.3 Å². The second-order valence-electron chi connectivity index (χ2n) is 14.0. The van der Waals surface area contributed by atoms with E-state index in [0.29, 0.717) is 44.8 Å². The van der Waals surface area contributed by atoms with Gasteiger partial charge in [0.05, 0.1) is 31.6 Å². The highest BCUT2D eigenvalue weighted by Gasteiger charge is 2.35. The number of fused-ring (bicyclic) bond motifs is 1. The molecule has 1 heterocycles. The standard InChI is InChI=1S/C42H47N3O7S2/c1-8-52-41(49)36-32-19-17-28(42(3,4)5)23-35(32)54-40(36)45-37(46)25(2)53-31-16-12-15-29(24-31)43-39(48)33(44-38(47)26-13-10-9-11-14-26)22-27-21-30(50-6)18-20-34(27)51-7/h9-16,18,20-22,24-25,28H,8,17,19,23H2,1-7H3,(H,43,48)(H,44,47)(H,45,46)/b33-22+. The predicted octanol–water partition coefficient (Wildman–Crippen LogP) is 8.62. The number of amides is 3. The van der Waals surface area contributed by atoms with E-state index in [-0.39, 0.29) is 23.6 Å². The Labute approximate surface area is 325 Å². The molecule has 0 radical (unpaired) electrons. The number of anilines is 2. The number of thiophene rings is 1. The number of benzene rings is 3. The molecular formula is C42H47N3O7S2. The minimum atomic E-state index is -0.570. The monoisotopic (exact) mass is 769 g/mol. The van der Waals surface area contributed by atoms with Gasteiger partial charge in [-0.2, -0.15) is 0 Å². The summed E-state index contributed by atoms with van der Waals surface area (Å²) in [6.07, 6.45) is 4.12. The van der Waals surface area contributed by atoms with E-state index in [1.54, 1.807) is 80.6 Å². The highest BCUT2D eigenvalue weighted by atomic mass is 32.2. The van der Waals surface area contributed by atoms with Crippen LogP contribution in [0.5, 0.6) is 11.5 Å². The fourth-order valence-corrected chi connectivity index (χ4v) is 8.44. The molecule has 0 saturated carbocycles. The maximum atomic E-state index is 13.8. The summed E-state index contributed by atoms with van der Waals surface area (Å²) in [5, 5.41) is 8.64. The Kier molecular flexibility index (Phi) is 13.3. The number of nitrogens with one attached hydrogen (secondary N) is 3. The third-order valence-corrected chi connectivity index (χ3v) is 11.5. The molecule has 1 aromatic heterocycles. The van der Waals surface area contributed by atoms with Crippen LogP contribution in [0.2, 0.25) is 0 Å². The topological polar surface area (TPSA) is 132 Å². The van der Waals surface area contributed by atoms with Gasteiger partial charge in [0.1, 0.15) is 22.2 Å². The summed E-state index contributed by atoms with van der Waals surface area (Å²) in [7, 11) is 3.05. The predicted molar refractivity (Wildman–Crippen MR) is 216 cm³/mol. The zero-order valence-corrected chi connectivity index (χ0v) is 33.3. The Balaban J connectivity index is 1.33. The summed E-state index contributed by atoms with van der Waals surface area (Å²) in [6, 6.07) is 20.8. The summed E-state index contributed by atoms with van der Waals surface area (Å²) in [6.45, 7) is 10.5. The average molecular weight is 770 g/mol. The molecule has 2 atom stereocenters. The summed E-state index contributed by atoms with van der Waals surface area (Å²) < 4.78 is 16.3. The second-order valence-corrected chi connectivity index (χ2v) is 16.5. The van der Waals surface area contributed by atoms with Gasteiger partial charge in [-0.1, -0.05) is 45.0 Å². The molecule has 3 N–H and O–H groups in total. The molecule has 0 fully saturated rings. The van der Waals surface area contributed by atoms with Crippen LogP contribution < -0.4 is 25.4 Å². The van der Waals surface area contributed by atoms with Gasteiger partial charge in [-0.25, -0.2) is 4.79 Å². The van der Waals surface area contributed by atoms with Crippen molar-refractivity contribution in [2.45, 2.75) is 64.0 Å². The number of esters is 1. The van der Waals surface area contributed by atoms with E-state index in [1.165, 1.54) is 43.4 Å². The Morgan fingerprint density at radius 1 is 0.963 bits per heavy atom. The normalized spacial score (nSPS) is 14.6. The molecule has 1 aliphatic carbocycles. The number of carbonyl (C=O) groups is 4. The Morgan fingerprint density at radius 2 is 1.72 bits per heavy atom. The highest BCUT2D eigenvalue weighted by molar-refractivity contribution is 8.00. The molecule has 0 spiro atoms. The summed E-state index contributed by atoms with van der Waals surface area (Å²) >= 11 is 2.78. The summed E-state index contributed by atoms with van der Waals surface area (Å²) in [5.41, 5.74) is 2.92. The second kappa shape index (κ2) is 17.8. The van der Waals surface area contributed by atoms with Gasteiger partial charge >= 0.3 is 5.97 Å². The SMILES string of the molecule is CCOC(=O)c1c(NC(=O)C(C)Sc2cccc(NC(=O)/C(=C\c3cc(OC)ccc3OC)NC(=O)c3ccccc3)c2)sc2c1CCC(C(C)(C)C)C2. The molecule has 1 aliphatic rings. The van der Waals surface area contributed by atoms with Crippen LogP contribution in [0.4, 0.5) is 10.7 Å². The zero-order chi connectivity index (χ0) is 39.0. The number of ether oxygens (including phenoxy) is 3. The molecule has 284 valence electrons. The Bertz CT molecular complexity index is 2030. The van der Waals surface area contributed by atoms with Gasteiger partial charge in [0.15, 0.2) is 0 Å². The van der Waals surface area contributed by atoms with Crippen LogP contribution in [0.3, 0.4) is 0 Å². The lowest BCUT2D eigenvalue weighted by Gasteiger charge is -2.33. The lowest BCUT2D eigenvalue weighted by Crippen LogP contribution is -2.30. The molecule has 3 amide bonds. The lowest BCUT2D eigenvalue weighted by molar-refractivity contribution is -0.115. The van der Waals surface area contributed by atoms with Crippen molar-refractivity contribution in [2.75, 3.05) is 31.5 Å². The Hall–Kier alpha value is -5.07. The van der Waals surface area contributed by atoms with Gasteiger partial charge in [-0.05, 0) is 105 Å². The minimum absolute atomic E-state index is 0.0222. The number of hydrogen-bond acceptors (Lipinski definition) is 9. The van der Waals surface area contributed by atoms with Crippen molar-refractivity contribution < 1.29 is 33.4 Å². The molecule has 54 heavy (non-hydrogen) atoms. The summed E-state index contributed by atoms with van der Waals surface area (Å²) in [4.78, 5) is 55.6.